The van der Waals surface area contributed by atoms with Crippen LogP contribution in [0.25, 0.3) is 87.8 Å². The van der Waals surface area contributed by atoms with Crippen LogP contribution in [0.5, 0.6) is 0 Å². The van der Waals surface area contributed by atoms with Crippen LogP contribution >= 0.6 is 0 Å². The maximum absolute atomic E-state index is 2.53. The molecule has 1 aliphatic carbocycles. The van der Waals surface area contributed by atoms with E-state index in [0.717, 1.165) is 0 Å². The molecule has 0 radical (unpaired) electrons. The molecular weight excluding hydrogens is 460 g/mol. The summed E-state index contributed by atoms with van der Waals surface area (Å²) in [6.45, 7) is 0. The average Bonchev–Trinajstić information content (AvgIpc) is 3.69. The predicted molar refractivity (Wildman–Crippen MR) is 160 cm³/mol. The molecule has 4 heterocycles. The number of nitrogens with zero attached hydrogens (tertiary/aromatic N) is 2. The van der Waals surface area contributed by atoms with E-state index in [1.54, 1.807) is 0 Å². The van der Waals surface area contributed by atoms with Gasteiger partial charge in [-0.3, -0.25) is 0 Å². The standard InChI is InChI=1S/C36H20N2/c1-2-10-22-21(9-1)24-14-7-15-27-31(20-19-25(22)33(24)27)37-30-16-6-5-13-28(30)34-32-18-8-17-29-23-11-3-4-12-26(23)35(36(34)37)38(29)32/h1-20H. The quantitative estimate of drug-likeness (QED) is 0.221. The van der Waals surface area contributed by atoms with Crippen LogP contribution in [0.3, 0.4) is 0 Å². The first-order valence-electron chi connectivity index (χ1n) is 13.2. The monoisotopic (exact) mass is 480 g/mol. The number of rotatable bonds is 1. The third-order valence-corrected chi connectivity index (χ3v) is 8.79. The summed E-state index contributed by atoms with van der Waals surface area (Å²) in [7, 11) is 0. The van der Waals surface area contributed by atoms with Gasteiger partial charge >= 0.3 is 0 Å². The van der Waals surface area contributed by atoms with E-state index >= 15 is 0 Å². The number of hydrogen-bond acceptors (Lipinski definition) is 0. The summed E-state index contributed by atoms with van der Waals surface area (Å²) >= 11 is 0. The molecule has 10 rings (SSSR count). The predicted octanol–water partition coefficient (Wildman–Crippen LogP) is 9.58. The second-order valence-corrected chi connectivity index (χ2v) is 10.5. The fraction of sp³-hybridized carbons (Fsp3) is 0. The number of para-hydroxylation sites is 1. The first-order chi connectivity index (χ1) is 18.9. The van der Waals surface area contributed by atoms with Crippen molar-refractivity contribution in [2.45, 2.75) is 0 Å². The van der Waals surface area contributed by atoms with E-state index in [1.807, 2.05) is 0 Å². The minimum absolute atomic E-state index is 1.24. The summed E-state index contributed by atoms with van der Waals surface area (Å²) in [4.78, 5) is 0. The van der Waals surface area contributed by atoms with Gasteiger partial charge in [-0.15, -0.1) is 0 Å². The average molecular weight is 481 g/mol. The lowest BCUT2D eigenvalue weighted by Crippen LogP contribution is -1.96. The van der Waals surface area contributed by atoms with Crippen molar-refractivity contribution in [3.05, 3.63) is 121 Å². The molecule has 0 fully saturated rings. The largest absolute Gasteiger partial charge is 0.306 e. The molecular formula is C36H20N2. The van der Waals surface area contributed by atoms with Crippen molar-refractivity contribution < 1.29 is 0 Å². The van der Waals surface area contributed by atoms with Crippen molar-refractivity contribution in [2.75, 3.05) is 0 Å². The minimum atomic E-state index is 1.24. The molecule has 174 valence electrons. The molecule has 5 aromatic carbocycles. The number of hydrogen-bond donors (Lipinski definition) is 0. The van der Waals surface area contributed by atoms with Gasteiger partial charge in [0.2, 0.25) is 0 Å². The van der Waals surface area contributed by atoms with E-state index in [2.05, 4.69) is 130 Å². The Balaban J connectivity index is 1.47. The van der Waals surface area contributed by atoms with Gasteiger partial charge in [0.25, 0.3) is 0 Å². The van der Waals surface area contributed by atoms with Gasteiger partial charge in [0.1, 0.15) is 0 Å². The van der Waals surface area contributed by atoms with Gasteiger partial charge < -0.3 is 8.97 Å². The second kappa shape index (κ2) is 6.42. The zero-order valence-electron chi connectivity index (χ0n) is 20.4. The Labute approximate surface area is 217 Å². The molecule has 2 nitrogen and oxygen atoms in total. The number of pyridine rings is 1. The van der Waals surface area contributed by atoms with Crippen LogP contribution in [0.2, 0.25) is 0 Å². The van der Waals surface area contributed by atoms with Crippen LogP contribution in [0, 0.1) is 0 Å². The van der Waals surface area contributed by atoms with Crippen molar-refractivity contribution in [1.29, 1.82) is 0 Å². The molecule has 38 heavy (non-hydrogen) atoms. The molecule has 0 aliphatic heterocycles. The normalized spacial score (nSPS) is 12.7. The van der Waals surface area contributed by atoms with Gasteiger partial charge in [-0.25, -0.2) is 0 Å². The summed E-state index contributed by atoms with van der Waals surface area (Å²) in [6.07, 6.45) is 0. The summed E-state index contributed by atoms with van der Waals surface area (Å²) in [5.41, 5.74) is 13.0. The molecule has 0 amide bonds. The van der Waals surface area contributed by atoms with E-state index < -0.39 is 0 Å². The highest BCUT2D eigenvalue weighted by atomic mass is 15.0. The topological polar surface area (TPSA) is 9.34 Å². The van der Waals surface area contributed by atoms with Crippen LogP contribution < -0.4 is 0 Å². The second-order valence-electron chi connectivity index (χ2n) is 10.5. The summed E-state index contributed by atoms with van der Waals surface area (Å²) < 4.78 is 5.01. The number of aromatic nitrogens is 2. The van der Waals surface area contributed by atoms with Gasteiger partial charge in [-0.05, 0) is 51.9 Å². The third kappa shape index (κ3) is 2.02. The summed E-state index contributed by atoms with van der Waals surface area (Å²) in [6, 6.07) is 44.8. The molecule has 1 aliphatic rings. The summed E-state index contributed by atoms with van der Waals surface area (Å²) in [5, 5.41) is 7.91. The molecule has 9 aromatic rings. The van der Waals surface area contributed by atoms with Crippen LogP contribution in [0.15, 0.2) is 121 Å². The smallest absolute Gasteiger partial charge is 0.0810 e. The first kappa shape index (κ1) is 19.1. The van der Waals surface area contributed by atoms with Gasteiger partial charge in [0.05, 0.1) is 33.3 Å². The van der Waals surface area contributed by atoms with Gasteiger partial charge in [0.15, 0.2) is 0 Å². The van der Waals surface area contributed by atoms with Gasteiger partial charge in [0, 0.05) is 26.9 Å². The maximum Gasteiger partial charge on any atom is 0.0810 e. The molecule has 0 saturated carbocycles. The Kier molecular flexibility index (Phi) is 3.23. The number of benzene rings is 5. The third-order valence-electron chi connectivity index (χ3n) is 8.79. The first-order valence-corrected chi connectivity index (χ1v) is 13.2. The van der Waals surface area contributed by atoms with Crippen molar-refractivity contribution >= 4 is 59.9 Å². The van der Waals surface area contributed by atoms with E-state index in [-0.39, 0.29) is 0 Å². The number of fused-ring (bicyclic) bond motifs is 11. The Morgan fingerprint density at radius 3 is 1.82 bits per heavy atom. The SMILES string of the molecule is c1ccc2c(c1)-c1cccc3c(-n4c5ccccc5c5c4c4c6ccccc6c6cccc5n64)ccc-2c13. The van der Waals surface area contributed by atoms with Crippen molar-refractivity contribution in [3.63, 3.8) is 0 Å². The van der Waals surface area contributed by atoms with Crippen LogP contribution in [0.1, 0.15) is 0 Å². The Hall–Kier alpha value is -5.08. The maximum atomic E-state index is 2.53. The zero-order valence-corrected chi connectivity index (χ0v) is 20.4. The molecule has 0 atom stereocenters. The highest BCUT2D eigenvalue weighted by molar-refractivity contribution is 6.30. The molecule has 0 unspecified atom stereocenters. The van der Waals surface area contributed by atoms with E-state index in [1.165, 1.54) is 87.8 Å². The zero-order chi connectivity index (χ0) is 24.5. The Morgan fingerprint density at radius 2 is 0.947 bits per heavy atom. The van der Waals surface area contributed by atoms with Crippen LogP contribution in [-0.4, -0.2) is 8.97 Å². The molecule has 0 bridgehead atoms. The lowest BCUT2D eigenvalue weighted by molar-refractivity contribution is 1.20. The van der Waals surface area contributed by atoms with Crippen molar-refractivity contribution in [2.24, 2.45) is 0 Å². The lowest BCUT2D eigenvalue weighted by atomic mass is 10.0. The summed E-state index contributed by atoms with van der Waals surface area (Å²) in [5.74, 6) is 0. The highest BCUT2D eigenvalue weighted by Gasteiger charge is 2.27. The van der Waals surface area contributed by atoms with E-state index in [4.69, 9.17) is 0 Å². The van der Waals surface area contributed by atoms with Crippen molar-refractivity contribution in [1.82, 2.24) is 8.97 Å². The van der Waals surface area contributed by atoms with Gasteiger partial charge in [-0.2, -0.15) is 0 Å². The molecule has 0 N–H and O–H groups in total. The molecule has 4 aromatic heterocycles. The molecule has 0 saturated heterocycles. The van der Waals surface area contributed by atoms with Crippen molar-refractivity contribution in [3.8, 4) is 27.9 Å². The van der Waals surface area contributed by atoms with Gasteiger partial charge in [-0.1, -0.05) is 97.1 Å². The fourth-order valence-electron chi connectivity index (χ4n) is 7.38. The lowest BCUT2D eigenvalue weighted by Gasteiger charge is -2.13. The fourth-order valence-corrected chi connectivity index (χ4v) is 7.38. The van der Waals surface area contributed by atoms with Crippen LogP contribution in [-0.2, 0) is 0 Å². The highest BCUT2D eigenvalue weighted by Crippen LogP contribution is 2.50. The minimum Gasteiger partial charge on any atom is -0.306 e. The van der Waals surface area contributed by atoms with Crippen LogP contribution in [0.4, 0.5) is 0 Å². The Morgan fingerprint density at radius 1 is 0.342 bits per heavy atom. The molecule has 2 heteroatoms. The van der Waals surface area contributed by atoms with E-state index in [0.29, 0.717) is 0 Å². The Bertz CT molecular complexity index is 2420. The molecule has 0 spiro atoms. The van der Waals surface area contributed by atoms with E-state index in [9.17, 15) is 0 Å².